The third kappa shape index (κ3) is 4.60. The molecule has 0 saturated carbocycles. The number of rotatable bonds is 7. The molecule has 0 aliphatic carbocycles. The summed E-state index contributed by atoms with van der Waals surface area (Å²) >= 11 is 1.93. The summed E-state index contributed by atoms with van der Waals surface area (Å²) in [5.41, 5.74) is 2.59. The standard InChI is InChI=1S/C21H22OS/c22-14-13-18-9-7-17(8-10-18)4-3-15-23-21-12-11-19-5-1-2-6-20(19)16-21/h1-2,5-12,16,22H,3-4,13-15H2. The van der Waals surface area contributed by atoms with Crippen LogP contribution in [0.3, 0.4) is 0 Å². The van der Waals surface area contributed by atoms with Crippen molar-refractivity contribution in [3.05, 3.63) is 77.9 Å². The number of benzene rings is 3. The van der Waals surface area contributed by atoms with Gasteiger partial charge in [-0.15, -0.1) is 11.8 Å². The van der Waals surface area contributed by atoms with E-state index in [1.165, 1.54) is 33.2 Å². The van der Waals surface area contributed by atoms with Gasteiger partial charge >= 0.3 is 0 Å². The van der Waals surface area contributed by atoms with Crippen molar-refractivity contribution in [3.63, 3.8) is 0 Å². The van der Waals surface area contributed by atoms with Gasteiger partial charge in [-0.25, -0.2) is 0 Å². The summed E-state index contributed by atoms with van der Waals surface area (Å²) < 4.78 is 0. The van der Waals surface area contributed by atoms with Crippen molar-refractivity contribution in [1.82, 2.24) is 0 Å². The van der Waals surface area contributed by atoms with Crippen LogP contribution in [0.15, 0.2) is 71.6 Å². The van der Waals surface area contributed by atoms with Gasteiger partial charge in [-0.1, -0.05) is 54.6 Å². The van der Waals surface area contributed by atoms with Crippen molar-refractivity contribution in [2.45, 2.75) is 24.2 Å². The van der Waals surface area contributed by atoms with E-state index in [-0.39, 0.29) is 6.61 Å². The Morgan fingerprint density at radius 3 is 2.17 bits per heavy atom. The van der Waals surface area contributed by atoms with Gasteiger partial charge in [0.2, 0.25) is 0 Å². The van der Waals surface area contributed by atoms with Gasteiger partial charge in [-0.3, -0.25) is 0 Å². The minimum absolute atomic E-state index is 0.224. The molecule has 3 aromatic carbocycles. The highest BCUT2D eigenvalue weighted by Crippen LogP contribution is 2.24. The molecule has 1 N–H and O–H groups in total. The zero-order chi connectivity index (χ0) is 15.9. The maximum atomic E-state index is 8.93. The van der Waals surface area contributed by atoms with Gasteiger partial charge in [-0.2, -0.15) is 0 Å². The van der Waals surface area contributed by atoms with Gasteiger partial charge in [-0.05, 0) is 59.0 Å². The van der Waals surface area contributed by atoms with E-state index in [2.05, 4.69) is 66.7 Å². The van der Waals surface area contributed by atoms with Gasteiger partial charge in [0.15, 0.2) is 0 Å². The fourth-order valence-electron chi connectivity index (χ4n) is 2.73. The van der Waals surface area contributed by atoms with Crippen LogP contribution < -0.4 is 0 Å². The van der Waals surface area contributed by atoms with E-state index in [9.17, 15) is 0 Å². The van der Waals surface area contributed by atoms with Crippen LogP contribution in [-0.2, 0) is 12.8 Å². The Morgan fingerprint density at radius 2 is 1.43 bits per heavy atom. The molecule has 1 nitrogen and oxygen atoms in total. The van der Waals surface area contributed by atoms with Gasteiger partial charge in [0.1, 0.15) is 0 Å². The van der Waals surface area contributed by atoms with E-state index >= 15 is 0 Å². The summed E-state index contributed by atoms with van der Waals surface area (Å²) in [6.07, 6.45) is 3.04. The molecule has 2 heteroatoms. The Balaban J connectivity index is 1.48. The van der Waals surface area contributed by atoms with Crippen LogP contribution in [0.2, 0.25) is 0 Å². The second-order valence-electron chi connectivity index (χ2n) is 5.75. The summed E-state index contributed by atoms with van der Waals surface area (Å²) in [6, 6.07) is 23.8. The Hall–Kier alpha value is -1.77. The Kier molecular flexibility index (Phi) is 5.73. The molecule has 3 aromatic rings. The molecule has 118 valence electrons. The topological polar surface area (TPSA) is 20.2 Å². The van der Waals surface area contributed by atoms with Crippen LogP contribution in [0.5, 0.6) is 0 Å². The summed E-state index contributed by atoms with van der Waals surface area (Å²) in [4.78, 5) is 1.35. The summed E-state index contributed by atoms with van der Waals surface area (Å²) in [7, 11) is 0. The fraction of sp³-hybridized carbons (Fsp3) is 0.238. The van der Waals surface area contributed by atoms with Gasteiger partial charge < -0.3 is 5.11 Å². The third-order valence-electron chi connectivity index (χ3n) is 4.02. The number of fused-ring (bicyclic) bond motifs is 1. The first-order valence-electron chi connectivity index (χ1n) is 8.15. The molecule has 0 radical (unpaired) electrons. The molecule has 0 atom stereocenters. The number of hydrogen-bond acceptors (Lipinski definition) is 2. The molecule has 0 aliphatic heterocycles. The molecule has 0 aliphatic rings. The van der Waals surface area contributed by atoms with Crippen molar-refractivity contribution in [2.75, 3.05) is 12.4 Å². The molecule has 0 aromatic heterocycles. The second-order valence-corrected chi connectivity index (χ2v) is 6.92. The number of thioether (sulfide) groups is 1. The average Bonchev–Trinajstić information content (AvgIpc) is 2.60. The van der Waals surface area contributed by atoms with Gasteiger partial charge in [0.25, 0.3) is 0 Å². The molecular formula is C21H22OS. The minimum atomic E-state index is 0.224. The lowest BCUT2D eigenvalue weighted by molar-refractivity contribution is 0.299. The average molecular weight is 322 g/mol. The molecular weight excluding hydrogens is 300 g/mol. The van der Waals surface area contributed by atoms with Crippen LogP contribution in [0.4, 0.5) is 0 Å². The Labute approximate surface area is 142 Å². The quantitative estimate of drug-likeness (QED) is 0.482. The van der Waals surface area contributed by atoms with E-state index in [0.29, 0.717) is 0 Å². The number of aliphatic hydroxyl groups excluding tert-OH is 1. The lowest BCUT2D eigenvalue weighted by Crippen LogP contribution is -1.92. The molecule has 3 rings (SSSR count). The van der Waals surface area contributed by atoms with E-state index in [1.807, 2.05) is 11.8 Å². The maximum Gasteiger partial charge on any atom is 0.0471 e. The fourth-order valence-corrected chi connectivity index (χ4v) is 3.62. The normalized spacial score (nSPS) is 11.0. The number of aryl methyl sites for hydroxylation is 1. The second kappa shape index (κ2) is 8.19. The van der Waals surface area contributed by atoms with E-state index in [1.54, 1.807) is 0 Å². The highest BCUT2D eigenvalue weighted by Gasteiger charge is 1.99. The molecule has 0 amide bonds. The minimum Gasteiger partial charge on any atom is -0.396 e. The number of aliphatic hydroxyl groups is 1. The lowest BCUT2D eigenvalue weighted by atomic mass is 10.1. The first-order chi connectivity index (χ1) is 11.3. The van der Waals surface area contributed by atoms with Crippen molar-refractivity contribution < 1.29 is 5.11 Å². The summed E-state index contributed by atoms with van der Waals surface area (Å²) in [5.74, 6) is 1.14. The summed E-state index contributed by atoms with van der Waals surface area (Å²) in [5, 5.41) is 11.6. The molecule has 0 spiro atoms. The van der Waals surface area contributed by atoms with Crippen molar-refractivity contribution in [3.8, 4) is 0 Å². The SMILES string of the molecule is OCCc1ccc(CCCSc2ccc3ccccc3c2)cc1. The molecule has 0 fully saturated rings. The predicted molar refractivity (Wildman–Crippen MR) is 100 cm³/mol. The van der Waals surface area contributed by atoms with Crippen LogP contribution in [-0.4, -0.2) is 17.5 Å². The zero-order valence-corrected chi connectivity index (χ0v) is 14.1. The summed E-state index contributed by atoms with van der Waals surface area (Å²) in [6.45, 7) is 0.224. The van der Waals surface area contributed by atoms with Crippen molar-refractivity contribution >= 4 is 22.5 Å². The van der Waals surface area contributed by atoms with Crippen molar-refractivity contribution in [2.24, 2.45) is 0 Å². The number of hydrogen-bond donors (Lipinski definition) is 1. The van der Waals surface area contributed by atoms with Crippen LogP contribution in [0, 0.1) is 0 Å². The highest BCUT2D eigenvalue weighted by atomic mass is 32.2. The Morgan fingerprint density at radius 1 is 0.739 bits per heavy atom. The molecule has 0 heterocycles. The van der Waals surface area contributed by atoms with Crippen LogP contribution in [0.1, 0.15) is 17.5 Å². The Bertz CT molecular complexity index is 749. The van der Waals surface area contributed by atoms with E-state index in [0.717, 1.165) is 18.6 Å². The maximum absolute atomic E-state index is 8.93. The van der Waals surface area contributed by atoms with Gasteiger partial charge in [0, 0.05) is 11.5 Å². The molecule has 23 heavy (non-hydrogen) atoms. The zero-order valence-electron chi connectivity index (χ0n) is 13.2. The third-order valence-corrected chi connectivity index (χ3v) is 5.10. The molecule has 0 bridgehead atoms. The largest absolute Gasteiger partial charge is 0.396 e. The van der Waals surface area contributed by atoms with Gasteiger partial charge in [0.05, 0.1) is 0 Å². The predicted octanol–water partition coefficient (Wildman–Crippen LogP) is 5.10. The van der Waals surface area contributed by atoms with Crippen molar-refractivity contribution in [1.29, 1.82) is 0 Å². The highest BCUT2D eigenvalue weighted by molar-refractivity contribution is 7.99. The van der Waals surface area contributed by atoms with Crippen LogP contribution >= 0.6 is 11.8 Å². The first kappa shape index (κ1) is 16.1. The molecule has 0 unspecified atom stereocenters. The van der Waals surface area contributed by atoms with Crippen LogP contribution in [0.25, 0.3) is 10.8 Å². The lowest BCUT2D eigenvalue weighted by Gasteiger charge is -2.05. The monoisotopic (exact) mass is 322 g/mol. The smallest absolute Gasteiger partial charge is 0.0471 e. The molecule has 0 saturated heterocycles. The van der Waals surface area contributed by atoms with E-state index in [4.69, 9.17) is 5.11 Å². The van der Waals surface area contributed by atoms with E-state index < -0.39 is 0 Å². The first-order valence-corrected chi connectivity index (χ1v) is 9.14.